The van der Waals surface area contributed by atoms with Gasteiger partial charge < -0.3 is 4.90 Å². The van der Waals surface area contributed by atoms with Crippen LogP contribution in [-0.4, -0.2) is 42.9 Å². The van der Waals surface area contributed by atoms with Crippen molar-refractivity contribution in [1.82, 2.24) is 4.98 Å². The molecule has 2 rings (SSSR count). The molecular formula is C10H12ClN3O4S. The number of rotatable bonds is 2. The van der Waals surface area contributed by atoms with Gasteiger partial charge in [-0.05, 0) is 6.42 Å². The van der Waals surface area contributed by atoms with E-state index in [1.807, 2.05) is 0 Å². The van der Waals surface area contributed by atoms with Crippen LogP contribution >= 0.6 is 11.6 Å². The zero-order valence-corrected chi connectivity index (χ0v) is 11.5. The summed E-state index contributed by atoms with van der Waals surface area (Å²) in [6.07, 6.45) is 0.477. The van der Waals surface area contributed by atoms with Crippen molar-refractivity contribution in [3.8, 4) is 0 Å². The van der Waals surface area contributed by atoms with Gasteiger partial charge in [-0.15, -0.1) is 0 Å². The summed E-state index contributed by atoms with van der Waals surface area (Å²) in [6.45, 7) is 0.760. The van der Waals surface area contributed by atoms with Gasteiger partial charge in [-0.25, -0.2) is 13.4 Å². The first-order valence-electron chi connectivity index (χ1n) is 5.65. The van der Waals surface area contributed by atoms with Crippen LogP contribution in [0.1, 0.15) is 6.42 Å². The molecule has 1 aromatic rings. The molecule has 0 bridgehead atoms. The summed E-state index contributed by atoms with van der Waals surface area (Å²) >= 11 is 5.75. The third kappa shape index (κ3) is 3.54. The largest absolute Gasteiger partial charge is 0.355 e. The lowest BCUT2D eigenvalue weighted by Crippen LogP contribution is -2.27. The number of aromatic nitrogens is 1. The maximum absolute atomic E-state index is 11.5. The molecule has 0 unspecified atom stereocenters. The van der Waals surface area contributed by atoms with Crippen LogP contribution in [0.4, 0.5) is 11.5 Å². The number of pyridine rings is 1. The van der Waals surface area contributed by atoms with Crippen molar-refractivity contribution in [3.63, 3.8) is 0 Å². The van der Waals surface area contributed by atoms with E-state index in [-0.39, 0.29) is 28.9 Å². The van der Waals surface area contributed by atoms with Gasteiger partial charge in [0.05, 0.1) is 28.6 Å². The first-order chi connectivity index (χ1) is 8.87. The van der Waals surface area contributed by atoms with Crippen molar-refractivity contribution in [2.45, 2.75) is 6.42 Å². The molecule has 1 aromatic heterocycles. The van der Waals surface area contributed by atoms with Crippen LogP contribution in [-0.2, 0) is 9.84 Å². The summed E-state index contributed by atoms with van der Waals surface area (Å²) in [5, 5.41) is 10.8. The van der Waals surface area contributed by atoms with E-state index in [2.05, 4.69) is 4.98 Å². The first kappa shape index (κ1) is 14.0. The fraction of sp³-hybridized carbons (Fsp3) is 0.500. The van der Waals surface area contributed by atoms with Gasteiger partial charge in [-0.1, -0.05) is 11.6 Å². The SMILES string of the molecule is O=[N+]([O-])c1cc(Cl)nc(N2CCCS(=O)(=O)CC2)c1. The third-order valence-electron chi connectivity index (χ3n) is 2.86. The lowest BCUT2D eigenvalue weighted by Gasteiger charge is -2.20. The Hall–Kier alpha value is -1.41. The van der Waals surface area contributed by atoms with E-state index < -0.39 is 14.8 Å². The first-order valence-corrected chi connectivity index (χ1v) is 7.85. The normalized spacial score (nSPS) is 18.9. The Labute approximate surface area is 115 Å². The monoisotopic (exact) mass is 305 g/mol. The summed E-state index contributed by atoms with van der Waals surface area (Å²) in [4.78, 5) is 15.9. The highest BCUT2D eigenvalue weighted by Gasteiger charge is 2.21. The molecule has 1 aliphatic heterocycles. The number of nitrogens with zero attached hydrogens (tertiary/aromatic N) is 3. The van der Waals surface area contributed by atoms with E-state index in [0.29, 0.717) is 18.8 Å². The van der Waals surface area contributed by atoms with Crippen LogP contribution in [0.5, 0.6) is 0 Å². The molecule has 0 N–H and O–H groups in total. The minimum Gasteiger partial charge on any atom is -0.355 e. The number of halogens is 1. The van der Waals surface area contributed by atoms with E-state index in [4.69, 9.17) is 11.6 Å². The zero-order valence-electron chi connectivity index (χ0n) is 9.95. The molecule has 7 nitrogen and oxygen atoms in total. The topological polar surface area (TPSA) is 93.4 Å². The Morgan fingerprint density at radius 3 is 2.74 bits per heavy atom. The molecule has 0 spiro atoms. The summed E-state index contributed by atoms with van der Waals surface area (Å²) in [6, 6.07) is 2.48. The molecule has 0 aliphatic carbocycles. The van der Waals surface area contributed by atoms with Gasteiger partial charge in [0.25, 0.3) is 5.69 Å². The van der Waals surface area contributed by atoms with Gasteiger partial charge in [0.15, 0.2) is 9.84 Å². The molecule has 1 fully saturated rings. The lowest BCUT2D eigenvalue weighted by atomic mass is 10.3. The average molecular weight is 306 g/mol. The van der Waals surface area contributed by atoms with E-state index in [0.717, 1.165) is 0 Å². The molecule has 1 aliphatic rings. The van der Waals surface area contributed by atoms with Crippen LogP contribution in [0.25, 0.3) is 0 Å². The maximum Gasteiger partial charge on any atom is 0.276 e. The smallest absolute Gasteiger partial charge is 0.276 e. The van der Waals surface area contributed by atoms with Crippen LogP contribution < -0.4 is 4.90 Å². The molecule has 9 heteroatoms. The van der Waals surface area contributed by atoms with Crippen LogP contribution in [0.15, 0.2) is 12.1 Å². The number of sulfone groups is 1. The molecule has 104 valence electrons. The average Bonchev–Trinajstić information content (AvgIpc) is 2.49. The van der Waals surface area contributed by atoms with Gasteiger partial charge in [0.2, 0.25) is 0 Å². The van der Waals surface area contributed by atoms with Gasteiger partial charge in [-0.2, -0.15) is 0 Å². The van der Waals surface area contributed by atoms with Crippen molar-refractivity contribution in [1.29, 1.82) is 0 Å². The van der Waals surface area contributed by atoms with Crippen molar-refractivity contribution in [3.05, 3.63) is 27.4 Å². The van der Waals surface area contributed by atoms with E-state index in [9.17, 15) is 18.5 Å². The van der Waals surface area contributed by atoms with Crippen LogP contribution in [0.2, 0.25) is 5.15 Å². The Morgan fingerprint density at radius 2 is 2.05 bits per heavy atom. The highest BCUT2D eigenvalue weighted by molar-refractivity contribution is 7.91. The number of nitro groups is 1. The quantitative estimate of drug-likeness (QED) is 0.464. The molecule has 1 saturated heterocycles. The summed E-state index contributed by atoms with van der Waals surface area (Å²) in [5.74, 6) is 0.498. The summed E-state index contributed by atoms with van der Waals surface area (Å²) in [5.41, 5.74) is -0.151. The fourth-order valence-corrected chi connectivity index (χ4v) is 3.37. The molecule has 0 radical (unpaired) electrons. The van der Waals surface area contributed by atoms with Gasteiger partial charge in [0.1, 0.15) is 11.0 Å². The molecule has 2 heterocycles. The number of hydrogen-bond acceptors (Lipinski definition) is 6. The molecule has 0 amide bonds. The second kappa shape index (κ2) is 5.30. The Morgan fingerprint density at radius 1 is 1.32 bits per heavy atom. The lowest BCUT2D eigenvalue weighted by molar-refractivity contribution is -0.384. The van der Waals surface area contributed by atoms with E-state index in [1.54, 1.807) is 4.90 Å². The third-order valence-corrected chi connectivity index (χ3v) is 4.76. The molecule has 0 aromatic carbocycles. The van der Waals surface area contributed by atoms with Gasteiger partial charge >= 0.3 is 0 Å². The standard InChI is InChI=1S/C10H12ClN3O4S/c11-9-6-8(14(15)16)7-10(12-9)13-2-1-4-19(17,18)5-3-13/h6-7H,1-5H2. The van der Waals surface area contributed by atoms with E-state index in [1.165, 1.54) is 12.1 Å². The molecule has 0 saturated carbocycles. The second-order valence-corrected chi connectivity index (χ2v) is 6.95. The minimum absolute atomic E-state index is 0.0228. The molecule has 0 atom stereocenters. The van der Waals surface area contributed by atoms with Crippen molar-refractivity contribution in [2.75, 3.05) is 29.5 Å². The highest BCUT2D eigenvalue weighted by Crippen LogP contribution is 2.24. The Bertz CT molecular complexity index is 605. The Kier molecular flexibility index (Phi) is 3.91. The van der Waals surface area contributed by atoms with E-state index >= 15 is 0 Å². The fourth-order valence-electron chi connectivity index (χ4n) is 1.90. The summed E-state index contributed by atoms with van der Waals surface area (Å²) < 4.78 is 23.0. The predicted octanol–water partition coefficient (Wildman–Crippen LogP) is 1.27. The molecule has 19 heavy (non-hydrogen) atoms. The number of anilines is 1. The van der Waals surface area contributed by atoms with Crippen molar-refractivity contribution >= 4 is 32.9 Å². The second-order valence-electron chi connectivity index (χ2n) is 4.26. The number of hydrogen-bond donors (Lipinski definition) is 0. The predicted molar refractivity (Wildman–Crippen MR) is 71.4 cm³/mol. The van der Waals surface area contributed by atoms with Gasteiger partial charge in [-0.3, -0.25) is 10.1 Å². The van der Waals surface area contributed by atoms with Gasteiger partial charge in [0, 0.05) is 13.1 Å². The zero-order chi connectivity index (χ0) is 14.0. The van der Waals surface area contributed by atoms with Crippen molar-refractivity contribution < 1.29 is 13.3 Å². The highest BCUT2D eigenvalue weighted by atomic mass is 35.5. The maximum atomic E-state index is 11.5. The van der Waals surface area contributed by atoms with Crippen LogP contribution in [0, 0.1) is 10.1 Å². The molecular weight excluding hydrogens is 294 g/mol. The van der Waals surface area contributed by atoms with Crippen LogP contribution in [0.3, 0.4) is 0 Å². The Balaban J connectivity index is 2.29. The summed E-state index contributed by atoms with van der Waals surface area (Å²) in [7, 11) is -3.03. The minimum atomic E-state index is -3.03. The van der Waals surface area contributed by atoms with Crippen molar-refractivity contribution in [2.24, 2.45) is 0 Å².